The Kier molecular flexibility index (Phi) is 3.11. The molecule has 0 aliphatic rings. The minimum atomic E-state index is 0.509. The van der Waals surface area contributed by atoms with Gasteiger partial charge in [-0.25, -0.2) is 4.98 Å². The lowest BCUT2D eigenvalue weighted by Crippen LogP contribution is -1.94. The van der Waals surface area contributed by atoms with Crippen LogP contribution in [-0.4, -0.2) is 4.98 Å². The highest BCUT2D eigenvalue weighted by Crippen LogP contribution is 2.19. The molecule has 0 fully saturated rings. The van der Waals surface area contributed by atoms with Crippen LogP contribution in [0.4, 0.5) is 11.5 Å². The number of pyridine rings is 1. The van der Waals surface area contributed by atoms with Crippen molar-refractivity contribution in [2.45, 2.75) is 13.8 Å². The Labute approximate surface area is 100 Å². The maximum atomic E-state index is 5.90. The summed E-state index contributed by atoms with van der Waals surface area (Å²) in [5.41, 5.74) is 3.33. The molecule has 0 bridgehead atoms. The molecule has 0 unspecified atom stereocenters. The van der Waals surface area contributed by atoms with Gasteiger partial charge in [-0.15, -0.1) is 0 Å². The summed E-state index contributed by atoms with van der Waals surface area (Å²) >= 11 is 5.90. The zero-order valence-corrected chi connectivity index (χ0v) is 10.0. The van der Waals surface area contributed by atoms with E-state index in [0.717, 1.165) is 17.1 Å². The summed E-state index contributed by atoms with van der Waals surface area (Å²) in [5, 5.41) is 3.74. The second kappa shape index (κ2) is 4.54. The summed E-state index contributed by atoms with van der Waals surface area (Å²) in [6.07, 6.45) is 0. The van der Waals surface area contributed by atoms with Crippen LogP contribution >= 0.6 is 11.6 Å². The first-order valence-electron chi connectivity index (χ1n) is 5.11. The van der Waals surface area contributed by atoms with E-state index in [4.69, 9.17) is 11.6 Å². The van der Waals surface area contributed by atoms with Crippen molar-refractivity contribution < 1.29 is 0 Å². The van der Waals surface area contributed by atoms with Gasteiger partial charge < -0.3 is 5.32 Å². The van der Waals surface area contributed by atoms with Crippen LogP contribution in [0.1, 0.15) is 11.1 Å². The second-order valence-electron chi connectivity index (χ2n) is 3.85. The molecule has 1 aromatic carbocycles. The number of anilines is 2. The van der Waals surface area contributed by atoms with Crippen molar-refractivity contribution >= 4 is 23.1 Å². The van der Waals surface area contributed by atoms with E-state index in [1.165, 1.54) is 5.56 Å². The fourth-order valence-corrected chi connectivity index (χ4v) is 1.82. The van der Waals surface area contributed by atoms with Gasteiger partial charge in [0.2, 0.25) is 0 Å². The summed E-state index contributed by atoms with van der Waals surface area (Å²) in [7, 11) is 0. The Bertz CT molecular complexity index is 489. The first-order valence-corrected chi connectivity index (χ1v) is 5.49. The van der Waals surface area contributed by atoms with Gasteiger partial charge in [0.25, 0.3) is 0 Å². The molecule has 1 N–H and O–H groups in total. The van der Waals surface area contributed by atoms with E-state index in [9.17, 15) is 0 Å². The van der Waals surface area contributed by atoms with Crippen molar-refractivity contribution in [3.63, 3.8) is 0 Å². The van der Waals surface area contributed by atoms with Crippen molar-refractivity contribution in [1.29, 1.82) is 0 Å². The van der Waals surface area contributed by atoms with Crippen LogP contribution in [0.2, 0.25) is 5.15 Å². The highest BCUT2D eigenvalue weighted by molar-refractivity contribution is 6.29. The van der Waals surface area contributed by atoms with E-state index in [-0.39, 0.29) is 0 Å². The summed E-state index contributed by atoms with van der Waals surface area (Å²) in [4.78, 5) is 4.21. The predicted octanol–water partition coefficient (Wildman–Crippen LogP) is 4.10. The Morgan fingerprint density at radius 1 is 1.06 bits per heavy atom. The molecular formula is C13H13ClN2. The number of halogens is 1. The van der Waals surface area contributed by atoms with Gasteiger partial charge in [-0.05, 0) is 49.2 Å². The van der Waals surface area contributed by atoms with E-state index in [2.05, 4.69) is 29.4 Å². The molecule has 0 amide bonds. The highest BCUT2D eigenvalue weighted by Gasteiger charge is 1.99. The van der Waals surface area contributed by atoms with E-state index >= 15 is 0 Å². The van der Waals surface area contributed by atoms with Gasteiger partial charge in [0.1, 0.15) is 11.0 Å². The number of aromatic nitrogens is 1. The predicted molar refractivity (Wildman–Crippen MR) is 68.4 cm³/mol. The molecule has 82 valence electrons. The van der Waals surface area contributed by atoms with Crippen LogP contribution in [-0.2, 0) is 0 Å². The van der Waals surface area contributed by atoms with Crippen molar-refractivity contribution in [1.82, 2.24) is 4.98 Å². The molecule has 0 saturated heterocycles. The fourth-order valence-electron chi connectivity index (χ4n) is 1.56. The average molecular weight is 233 g/mol. The van der Waals surface area contributed by atoms with E-state index in [0.29, 0.717) is 5.15 Å². The van der Waals surface area contributed by atoms with Crippen LogP contribution in [0.15, 0.2) is 36.4 Å². The molecular weight excluding hydrogens is 220 g/mol. The Balaban J connectivity index is 2.27. The summed E-state index contributed by atoms with van der Waals surface area (Å²) in [6, 6.07) is 11.9. The maximum Gasteiger partial charge on any atom is 0.132 e. The third-order valence-electron chi connectivity index (χ3n) is 2.23. The van der Waals surface area contributed by atoms with Gasteiger partial charge in [0.15, 0.2) is 0 Å². The number of nitrogens with zero attached hydrogens (tertiary/aromatic N) is 1. The number of hydrogen-bond donors (Lipinski definition) is 1. The molecule has 1 heterocycles. The quantitative estimate of drug-likeness (QED) is 0.789. The van der Waals surface area contributed by atoms with Crippen molar-refractivity contribution in [3.05, 3.63) is 52.7 Å². The molecule has 3 heteroatoms. The summed E-state index contributed by atoms with van der Waals surface area (Å²) < 4.78 is 0. The number of aryl methyl sites for hydroxylation is 2. The molecule has 0 aliphatic heterocycles. The highest BCUT2D eigenvalue weighted by atomic mass is 35.5. The minimum Gasteiger partial charge on any atom is -0.340 e. The molecule has 1 aromatic heterocycles. The minimum absolute atomic E-state index is 0.509. The second-order valence-corrected chi connectivity index (χ2v) is 4.23. The Morgan fingerprint density at radius 2 is 1.88 bits per heavy atom. The van der Waals surface area contributed by atoms with Gasteiger partial charge >= 0.3 is 0 Å². The van der Waals surface area contributed by atoms with Gasteiger partial charge in [0, 0.05) is 5.69 Å². The van der Waals surface area contributed by atoms with E-state index in [1.54, 1.807) is 0 Å². The third-order valence-corrected chi connectivity index (χ3v) is 2.42. The largest absolute Gasteiger partial charge is 0.340 e. The number of hydrogen-bond acceptors (Lipinski definition) is 2. The fraction of sp³-hybridized carbons (Fsp3) is 0.154. The zero-order chi connectivity index (χ0) is 11.5. The molecule has 0 radical (unpaired) electrons. The normalized spacial score (nSPS) is 10.2. The molecule has 0 atom stereocenters. The topological polar surface area (TPSA) is 24.9 Å². The Morgan fingerprint density at radius 3 is 2.56 bits per heavy atom. The Hall–Kier alpha value is -1.54. The molecule has 16 heavy (non-hydrogen) atoms. The van der Waals surface area contributed by atoms with Gasteiger partial charge in [-0.1, -0.05) is 23.7 Å². The maximum absolute atomic E-state index is 5.90. The smallest absolute Gasteiger partial charge is 0.132 e. The average Bonchev–Trinajstić information content (AvgIpc) is 2.15. The van der Waals surface area contributed by atoms with Gasteiger partial charge in [0.05, 0.1) is 0 Å². The lowest BCUT2D eigenvalue weighted by atomic mass is 10.2. The molecule has 2 nitrogen and oxygen atoms in total. The standard InChI is InChI=1S/C13H13ClN2/c1-9-4-3-5-11(6-9)15-13-8-10(2)7-12(14)16-13/h3-8H,1-2H3,(H,15,16). The van der Waals surface area contributed by atoms with E-state index < -0.39 is 0 Å². The summed E-state index contributed by atoms with van der Waals surface area (Å²) in [6.45, 7) is 4.05. The van der Waals surface area contributed by atoms with Crippen LogP contribution in [0, 0.1) is 13.8 Å². The van der Waals surface area contributed by atoms with Crippen LogP contribution < -0.4 is 5.32 Å². The first-order chi connectivity index (χ1) is 7.63. The van der Waals surface area contributed by atoms with Crippen LogP contribution in [0.3, 0.4) is 0 Å². The van der Waals surface area contributed by atoms with Gasteiger partial charge in [-0.2, -0.15) is 0 Å². The van der Waals surface area contributed by atoms with Crippen LogP contribution in [0.25, 0.3) is 0 Å². The van der Waals surface area contributed by atoms with Gasteiger partial charge in [-0.3, -0.25) is 0 Å². The number of nitrogens with one attached hydrogen (secondary N) is 1. The monoisotopic (exact) mass is 232 g/mol. The molecule has 0 spiro atoms. The number of rotatable bonds is 2. The zero-order valence-electron chi connectivity index (χ0n) is 9.29. The molecule has 2 rings (SSSR count). The SMILES string of the molecule is Cc1cccc(Nc2cc(C)cc(Cl)n2)c1. The molecule has 2 aromatic rings. The molecule has 0 aliphatic carbocycles. The van der Waals surface area contributed by atoms with Crippen molar-refractivity contribution in [2.24, 2.45) is 0 Å². The lowest BCUT2D eigenvalue weighted by molar-refractivity contribution is 1.27. The molecule has 0 saturated carbocycles. The van der Waals surface area contributed by atoms with E-state index in [1.807, 2.05) is 31.2 Å². The van der Waals surface area contributed by atoms with Crippen LogP contribution in [0.5, 0.6) is 0 Å². The first kappa shape index (κ1) is 11.0. The van der Waals surface area contributed by atoms with Crippen molar-refractivity contribution in [2.75, 3.05) is 5.32 Å². The third kappa shape index (κ3) is 2.74. The number of benzene rings is 1. The summed E-state index contributed by atoms with van der Waals surface area (Å²) in [5.74, 6) is 0.774. The lowest BCUT2D eigenvalue weighted by Gasteiger charge is -2.07. The van der Waals surface area contributed by atoms with Crippen molar-refractivity contribution in [3.8, 4) is 0 Å².